The number of fused-ring (bicyclic) bond motifs is 1. The van der Waals surface area contributed by atoms with Crippen LogP contribution in [0, 0.1) is 11.3 Å². The predicted octanol–water partition coefficient (Wildman–Crippen LogP) is 3.05. The zero-order chi connectivity index (χ0) is 19.9. The summed E-state index contributed by atoms with van der Waals surface area (Å²) in [6.07, 6.45) is 15.8. The molecule has 0 saturated heterocycles. The Kier molecular flexibility index (Phi) is 4.89. The molecule has 2 unspecified atom stereocenters. The molecule has 4 rings (SSSR count). The quantitative estimate of drug-likeness (QED) is 0.867. The van der Waals surface area contributed by atoms with E-state index >= 15 is 0 Å². The lowest BCUT2D eigenvalue weighted by atomic mass is 9.69. The Balaban J connectivity index is 1.79. The molecule has 0 aromatic carbocycles. The highest BCUT2D eigenvalue weighted by atomic mass is 16.3. The minimum Gasteiger partial charge on any atom is -0.501 e. The van der Waals surface area contributed by atoms with Crippen molar-refractivity contribution < 1.29 is 9.90 Å². The second kappa shape index (κ2) is 7.22. The van der Waals surface area contributed by atoms with E-state index in [0.717, 1.165) is 25.7 Å². The molecule has 3 aliphatic rings. The van der Waals surface area contributed by atoms with E-state index in [1.54, 1.807) is 11.9 Å². The summed E-state index contributed by atoms with van der Waals surface area (Å²) < 4.78 is 1.83. The fourth-order valence-corrected chi connectivity index (χ4v) is 5.31. The summed E-state index contributed by atoms with van der Waals surface area (Å²) in [7, 11) is 1.74. The Morgan fingerprint density at radius 3 is 2.64 bits per heavy atom. The zero-order valence-electron chi connectivity index (χ0n) is 16.7. The summed E-state index contributed by atoms with van der Waals surface area (Å²) in [6, 6.07) is 0.0412. The van der Waals surface area contributed by atoms with E-state index in [2.05, 4.69) is 29.3 Å². The van der Waals surface area contributed by atoms with Crippen molar-refractivity contribution in [2.75, 3.05) is 7.05 Å². The van der Waals surface area contributed by atoms with Crippen LogP contribution < -0.4 is 5.56 Å². The Morgan fingerprint density at radius 2 is 2.00 bits per heavy atom. The van der Waals surface area contributed by atoms with Crippen LogP contribution >= 0.6 is 0 Å². The minimum atomic E-state index is -0.690. The largest absolute Gasteiger partial charge is 0.501 e. The molecule has 1 amide bonds. The van der Waals surface area contributed by atoms with Crippen molar-refractivity contribution in [1.82, 2.24) is 14.5 Å². The third-order valence-corrected chi connectivity index (χ3v) is 7.05. The maximum atomic E-state index is 12.9. The number of allylic oxidation sites excluding steroid dienone is 4. The van der Waals surface area contributed by atoms with Crippen molar-refractivity contribution in [3.05, 3.63) is 46.2 Å². The molecule has 150 valence electrons. The number of likely N-dealkylation sites (N-methyl/N-ethyl adjacent to an activating group) is 1. The van der Waals surface area contributed by atoms with E-state index in [9.17, 15) is 14.7 Å². The second-order valence-electron chi connectivity index (χ2n) is 8.52. The van der Waals surface area contributed by atoms with Crippen molar-refractivity contribution in [2.24, 2.45) is 11.3 Å². The number of hydrogen-bond donors (Lipinski definition) is 1. The Hall–Kier alpha value is -2.37. The second-order valence-corrected chi connectivity index (χ2v) is 8.52. The lowest BCUT2D eigenvalue weighted by molar-refractivity contribution is 0.0634. The van der Waals surface area contributed by atoms with Crippen LogP contribution in [0.1, 0.15) is 61.8 Å². The molecule has 2 aliphatic carbocycles. The molecule has 1 saturated carbocycles. The average molecular weight is 383 g/mol. The predicted molar refractivity (Wildman–Crippen MR) is 107 cm³/mol. The third kappa shape index (κ3) is 2.99. The summed E-state index contributed by atoms with van der Waals surface area (Å²) >= 11 is 0. The summed E-state index contributed by atoms with van der Waals surface area (Å²) in [6.45, 7) is 2.62. The minimum absolute atomic E-state index is 0.0412. The van der Waals surface area contributed by atoms with E-state index in [1.807, 2.05) is 11.5 Å². The highest BCUT2D eigenvalue weighted by Gasteiger charge is 2.42. The van der Waals surface area contributed by atoms with Gasteiger partial charge in [-0.05, 0) is 37.0 Å². The van der Waals surface area contributed by atoms with Gasteiger partial charge < -0.3 is 14.6 Å². The first-order valence-electron chi connectivity index (χ1n) is 10.4. The van der Waals surface area contributed by atoms with Gasteiger partial charge in [0, 0.05) is 26.1 Å². The van der Waals surface area contributed by atoms with Gasteiger partial charge in [-0.15, -0.1) is 0 Å². The lowest BCUT2D eigenvalue weighted by Gasteiger charge is -2.39. The van der Waals surface area contributed by atoms with Gasteiger partial charge in [0.05, 0.1) is 0 Å². The van der Waals surface area contributed by atoms with Gasteiger partial charge in [-0.2, -0.15) is 4.98 Å². The molecule has 28 heavy (non-hydrogen) atoms. The maximum absolute atomic E-state index is 12.9. The number of aromatic hydroxyl groups is 1. The monoisotopic (exact) mass is 383 g/mol. The van der Waals surface area contributed by atoms with Crippen molar-refractivity contribution in [1.29, 1.82) is 0 Å². The van der Waals surface area contributed by atoms with Gasteiger partial charge in [0.1, 0.15) is 5.82 Å². The molecule has 2 heterocycles. The number of aromatic nitrogens is 2. The lowest BCUT2D eigenvalue weighted by Crippen LogP contribution is -2.48. The smallest absolute Gasteiger partial charge is 0.315 e. The van der Waals surface area contributed by atoms with Crippen LogP contribution in [0.15, 0.2) is 29.1 Å². The molecule has 1 N–H and O–H groups in total. The summed E-state index contributed by atoms with van der Waals surface area (Å²) in [4.78, 5) is 31.2. The first-order chi connectivity index (χ1) is 13.5. The molecule has 6 heteroatoms. The Labute approximate surface area is 165 Å². The zero-order valence-corrected chi connectivity index (χ0v) is 16.7. The van der Waals surface area contributed by atoms with Crippen LogP contribution in [0.3, 0.4) is 0 Å². The number of hydrogen-bond acceptors (Lipinski definition) is 4. The first kappa shape index (κ1) is 19.0. The van der Waals surface area contributed by atoms with E-state index in [1.165, 1.54) is 12.8 Å². The molecule has 0 spiro atoms. The Morgan fingerprint density at radius 1 is 1.25 bits per heavy atom. The molecule has 1 aromatic rings. The fraction of sp³-hybridized carbons (Fsp3) is 0.591. The molecule has 2 atom stereocenters. The number of rotatable bonds is 4. The SMILES string of the molecule is CCC1Cn2c(CC3(C4C=CC=CC4)CCCC3)nc(=O)c(O)c2C(=O)N1C. The van der Waals surface area contributed by atoms with Crippen molar-refractivity contribution in [3.63, 3.8) is 0 Å². The van der Waals surface area contributed by atoms with Gasteiger partial charge in [0.25, 0.3) is 5.91 Å². The molecule has 6 nitrogen and oxygen atoms in total. The van der Waals surface area contributed by atoms with Gasteiger partial charge >= 0.3 is 5.56 Å². The van der Waals surface area contributed by atoms with Crippen LogP contribution in [0.5, 0.6) is 5.75 Å². The highest BCUT2D eigenvalue weighted by Crippen LogP contribution is 2.49. The molecule has 0 bridgehead atoms. The van der Waals surface area contributed by atoms with Crippen molar-refractivity contribution in [3.8, 4) is 5.75 Å². The van der Waals surface area contributed by atoms with Crippen LogP contribution in [0.4, 0.5) is 0 Å². The normalized spacial score (nSPS) is 25.9. The third-order valence-electron chi connectivity index (χ3n) is 7.05. The maximum Gasteiger partial charge on any atom is 0.315 e. The standard InChI is InChI=1S/C22H29N3O3/c1-3-16-14-25-17(23-20(27)19(26)18(25)21(28)24(16)2)13-22(11-7-8-12-22)15-9-5-4-6-10-15/h4-6,9,15-16,26H,3,7-8,10-14H2,1-2H3. The topological polar surface area (TPSA) is 75.4 Å². The van der Waals surface area contributed by atoms with Gasteiger partial charge in [0.2, 0.25) is 5.75 Å². The van der Waals surface area contributed by atoms with Gasteiger partial charge in [-0.25, -0.2) is 0 Å². The highest BCUT2D eigenvalue weighted by molar-refractivity contribution is 5.95. The van der Waals surface area contributed by atoms with E-state index in [4.69, 9.17) is 0 Å². The summed E-state index contributed by atoms with van der Waals surface area (Å²) in [5.41, 5.74) is -0.522. The number of nitrogens with zero attached hydrogens (tertiary/aromatic N) is 3. The van der Waals surface area contributed by atoms with Crippen molar-refractivity contribution in [2.45, 2.75) is 64.5 Å². The van der Waals surface area contributed by atoms with Crippen molar-refractivity contribution >= 4 is 5.91 Å². The van der Waals surface area contributed by atoms with Crippen LogP contribution in [-0.4, -0.2) is 38.6 Å². The van der Waals surface area contributed by atoms with Gasteiger partial charge in [-0.1, -0.05) is 44.1 Å². The molecular weight excluding hydrogens is 354 g/mol. The number of carbonyl (C=O) groups is 1. The van der Waals surface area contributed by atoms with Crippen LogP contribution in [0.25, 0.3) is 0 Å². The molecule has 1 fully saturated rings. The molecule has 1 aliphatic heterocycles. The molecule has 0 radical (unpaired) electrons. The summed E-state index contributed by atoms with van der Waals surface area (Å²) in [5.74, 6) is 0.266. The van der Waals surface area contributed by atoms with Crippen LogP contribution in [-0.2, 0) is 13.0 Å². The van der Waals surface area contributed by atoms with E-state index in [0.29, 0.717) is 24.7 Å². The summed E-state index contributed by atoms with van der Waals surface area (Å²) in [5, 5.41) is 10.3. The van der Waals surface area contributed by atoms with Gasteiger partial charge in [-0.3, -0.25) is 9.59 Å². The molecular formula is C22H29N3O3. The first-order valence-corrected chi connectivity index (χ1v) is 10.4. The van der Waals surface area contributed by atoms with Crippen LogP contribution in [0.2, 0.25) is 0 Å². The van der Waals surface area contributed by atoms with E-state index < -0.39 is 11.3 Å². The number of amides is 1. The Bertz CT molecular complexity index is 893. The fourth-order valence-electron chi connectivity index (χ4n) is 5.31. The van der Waals surface area contributed by atoms with Gasteiger partial charge in [0.15, 0.2) is 5.69 Å². The average Bonchev–Trinajstić information content (AvgIpc) is 3.18. The number of carbonyl (C=O) groups excluding carboxylic acids is 1. The van der Waals surface area contributed by atoms with E-state index in [-0.39, 0.29) is 23.1 Å². The molecule has 1 aromatic heterocycles.